The summed E-state index contributed by atoms with van der Waals surface area (Å²) in [4.78, 5) is 0. The molecule has 0 bridgehead atoms. The minimum absolute atomic E-state index is 1.29. The second-order valence-electron chi connectivity index (χ2n) is 10.9. The second-order valence-corrected chi connectivity index (χ2v) is 12.0. The molecule has 2 nitrogen and oxygen atoms in total. The van der Waals surface area contributed by atoms with Crippen LogP contribution < -0.4 is 0 Å². The zero-order chi connectivity index (χ0) is 25.0. The van der Waals surface area contributed by atoms with Crippen molar-refractivity contribution < 1.29 is 0 Å². The first-order chi connectivity index (χ1) is 19.4. The Bertz CT molecular complexity index is 2820. The maximum Gasteiger partial charge on any atom is 0.0621 e. The van der Waals surface area contributed by atoms with E-state index in [1.54, 1.807) is 0 Å². The van der Waals surface area contributed by atoms with Crippen molar-refractivity contribution in [3.05, 3.63) is 109 Å². The fourth-order valence-electron chi connectivity index (χ4n) is 7.67. The van der Waals surface area contributed by atoms with Crippen molar-refractivity contribution in [3.63, 3.8) is 0 Å². The Morgan fingerprint density at radius 1 is 0.385 bits per heavy atom. The summed E-state index contributed by atoms with van der Waals surface area (Å²) in [5, 5.41) is 13.5. The number of para-hydroxylation sites is 4. The quantitative estimate of drug-likeness (QED) is 0.192. The zero-order valence-electron chi connectivity index (χ0n) is 20.7. The molecule has 11 aromatic rings. The van der Waals surface area contributed by atoms with Crippen molar-refractivity contribution in [3.8, 4) is 0 Å². The van der Waals surface area contributed by atoms with Crippen LogP contribution in [0.15, 0.2) is 109 Å². The van der Waals surface area contributed by atoms with Gasteiger partial charge in [-0.05, 0) is 30.3 Å². The van der Waals surface area contributed by atoms with Crippen molar-refractivity contribution in [2.45, 2.75) is 0 Å². The summed E-state index contributed by atoms with van der Waals surface area (Å²) in [7, 11) is 0. The molecule has 0 saturated heterocycles. The summed E-state index contributed by atoms with van der Waals surface area (Å²) in [5.41, 5.74) is 7.87. The number of hydrogen-bond donors (Lipinski definition) is 0. The minimum Gasteiger partial charge on any atom is -0.308 e. The predicted molar refractivity (Wildman–Crippen MR) is 169 cm³/mol. The number of benzene rings is 6. The Kier molecular flexibility index (Phi) is 3.07. The van der Waals surface area contributed by atoms with Crippen LogP contribution in [0, 0.1) is 0 Å². The average Bonchev–Trinajstić information content (AvgIpc) is 3.76. The highest BCUT2D eigenvalue weighted by Gasteiger charge is 2.22. The molecule has 5 heterocycles. The fourth-order valence-corrected chi connectivity index (χ4v) is 8.94. The summed E-state index contributed by atoms with van der Waals surface area (Å²) in [6.45, 7) is 0. The standard InChI is InChI=1S/C36H18N2S/c1-3-13-28-20(8-1)22-10-6-12-25-33-30(37(28)35(22)25)16-15-24-27-17-26-23-11-5-9-21-19-7-2-4-14-29(19)38(34(21)23)31(26)18-32(27)39-36(24)33/h1-18H. The van der Waals surface area contributed by atoms with Gasteiger partial charge in [0.1, 0.15) is 0 Å². The largest absolute Gasteiger partial charge is 0.308 e. The summed E-state index contributed by atoms with van der Waals surface area (Å²) in [5.74, 6) is 0. The van der Waals surface area contributed by atoms with Gasteiger partial charge in [-0.1, -0.05) is 78.9 Å². The van der Waals surface area contributed by atoms with E-state index in [9.17, 15) is 0 Å². The van der Waals surface area contributed by atoms with Gasteiger partial charge in [-0.15, -0.1) is 11.3 Å². The third-order valence-electron chi connectivity index (χ3n) is 9.17. The molecule has 0 saturated carbocycles. The first-order valence-corrected chi connectivity index (χ1v) is 14.3. The van der Waals surface area contributed by atoms with Crippen LogP contribution in [0.4, 0.5) is 0 Å². The van der Waals surface area contributed by atoms with Crippen molar-refractivity contribution in [2.75, 3.05) is 0 Å². The monoisotopic (exact) mass is 510 g/mol. The summed E-state index contributed by atoms with van der Waals surface area (Å²) in [6, 6.07) is 40.8. The van der Waals surface area contributed by atoms with Crippen LogP contribution in [-0.4, -0.2) is 8.80 Å². The smallest absolute Gasteiger partial charge is 0.0621 e. The predicted octanol–water partition coefficient (Wildman–Crippen LogP) is 10.4. The molecule has 0 atom stereocenters. The van der Waals surface area contributed by atoms with Gasteiger partial charge >= 0.3 is 0 Å². The maximum absolute atomic E-state index is 2.49. The normalized spacial score (nSPS) is 13.1. The third kappa shape index (κ3) is 2.02. The van der Waals surface area contributed by atoms with E-state index in [0.717, 1.165) is 0 Å². The maximum atomic E-state index is 2.49. The first kappa shape index (κ1) is 19.2. The van der Waals surface area contributed by atoms with Crippen LogP contribution in [-0.2, 0) is 0 Å². The van der Waals surface area contributed by atoms with Gasteiger partial charge in [0.25, 0.3) is 0 Å². The summed E-state index contributed by atoms with van der Waals surface area (Å²) in [6.07, 6.45) is 0. The first-order valence-electron chi connectivity index (χ1n) is 13.5. The molecule has 6 aromatic carbocycles. The summed E-state index contributed by atoms with van der Waals surface area (Å²) < 4.78 is 7.71. The Balaban J connectivity index is 1.36. The minimum atomic E-state index is 1.29. The molecule has 0 spiro atoms. The van der Waals surface area contributed by atoms with Crippen LogP contribution in [0.1, 0.15) is 0 Å². The number of nitrogens with zero attached hydrogens (tertiary/aromatic N) is 2. The van der Waals surface area contributed by atoms with Crippen LogP contribution in [0.3, 0.4) is 0 Å². The molecule has 39 heavy (non-hydrogen) atoms. The van der Waals surface area contributed by atoms with Crippen molar-refractivity contribution in [1.29, 1.82) is 0 Å². The molecule has 178 valence electrons. The second kappa shape index (κ2) is 6.23. The average molecular weight is 511 g/mol. The molecule has 0 fully saturated rings. The van der Waals surface area contributed by atoms with Crippen molar-refractivity contribution >= 4 is 108 Å². The van der Waals surface area contributed by atoms with Gasteiger partial charge in [-0.25, -0.2) is 0 Å². The van der Waals surface area contributed by atoms with Gasteiger partial charge in [-0.3, -0.25) is 0 Å². The van der Waals surface area contributed by atoms with Gasteiger partial charge in [0.15, 0.2) is 0 Å². The van der Waals surface area contributed by atoms with Gasteiger partial charge < -0.3 is 8.80 Å². The molecule has 5 aromatic heterocycles. The van der Waals surface area contributed by atoms with Crippen molar-refractivity contribution in [2.24, 2.45) is 0 Å². The van der Waals surface area contributed by atoms with E-state index < -0.39 is 0 Å². The van der Waals surface area contributed by atoms with E-state index in [1.807, 2.05) is 11.3 Å². The molecule has 0 aliphatic carbocycles. The topological polar surface area (TPSA) is 8.82 Å². The highest BCUT2D eigenvalue weighted by Crippen LogP contribution is 2.47. The lowest BCUT2D eigenvalue weighted by atomic mass is 10.0. The summed E-state index contributed by atoms with van der Waals surface area (Å²) >= 11 is 1.95. The van der Waals surface area contributed by atoms with Crippen molar-refractivity contribution in [1.82, 2.24) is 8.80 Å². The van der Waals surface area contributed by atoms with Gasteiger partial charge in [-0.2, -0.15) is 0 Å². The fraction of sp³-hybridized carbons (Fsp3) is 0. The number of thiophene rings is 1. The van der Waals surface area contributed by atoms with E-state index in [-0.39, 0.29) is 0 Å². The van der Waals surface area contributed by atoms with Gasteiger partial charge in [0.2, 0.25) is 0 Å². The lowest BCUT2D eigenvalue weighted by Gasteiger charge is -2.00. The van der Waals surface area contributed by atoms with Gasteiger partial charge in [0.05, 0.1) is 33.1 Å². The SMILES string of the molecule is c1ccc2c(c1)c1cccc3c4cc5c(cc4n2c13)sc1c5ccc2c1c1cccc3c4ccccc4n2c31. The van der Waals surface area contributed by atoms with Crippen LogP contribution >= 0.6 is 11.3 Å². The molecular weight excluding hydrogens is 492 g/mol. The van der Waals surface area contributed by atoms with E-state index in [0.29, 0.717) is 0 Å². The van der Waals surface area contributed by atoms with E-state index in [1.165, 1.54) is 96.4 Å². The number of hydrogen-bond acceptors (Lipinski definition) is 1. The number of aromatic nitrogens is 2. The van der Waals surface area contributed by atoms with Crippen LogP contribution in [0.25, 0.3) is 96.4 Å². The van der Waals surface area contributed by atoms with E-state index >= 15 is 0 Å². The molecule has 11 rings (SSSR count). The Labute approximate surface area is 225 Å². The van der Waals surface area contributed by atoms with Gasteiger partial charge in [0, 0.05) is 63.3 Å². The lowest BCUT2D eigenvalue weighted by molar-refractivity contribution is 1.37. The molecule has 0 N–H and O–H groups in total. The van der Waals surface area contributed by atoms with E-state index in [4.69, 9.17) is 0 Å². The van der Waals surface area contributed by atoms with Crippen LogP contribution in [0.5, 0.6) is 0 Å². The highest BCUT2D eigenvalue weighted by atomic mass is 32.1. The van der Waals surface area contributed by atoms with E-state index in [2.05, 4.69) is 118 Å². The molecule has 0 amide bonds. The number of fused-ring (bicyclic) bond motifs is 16. The number of rotatable bonds is 0. The molecule has 0 aliphatic heterocycles. The molecule has 0 unspecified atom stereocenters. The zero-order valence-corrected chi connectivity index (χ0v) is 21.5. The highest BCUT2D eigenvalue weighted by molar-refractivity contribution is 7.26. The van der Waals surface area contributed by atoms with Crippen LogP contribution in [0.2, 0.25) is 0 Å². The Hall–Kier alpha value is -4.86. The molecule has 3 heteroatoms. The Morgan fingerprint density at radius 3 is 1.72 bits per heavy atom. The lowest BCUT2D eigenvalue weighted by Crippen LogP contribution is -1.80. The molecule has 0 radical (unpaired) electrons. The molecule has 0 aliphatic rings. The third-order valence-corrected chi connectivity index (χ3v) is 10.4. The Morgan fingerprint density at radius 2 is 0.974 bits per heavy atom. The molecular formula is C36H18N2S.